The molecule has 0 atom stereocenters. The first kappa shape index (κ1) is 13.3. The Labute approximate surface area is 106 Å². The molecule has 2 aromatic rings. The molecule has 0 saturated heterocycles. The van der Waals surface area contributed by atoms with Gasteiger partial charge < -0.3 is 10.1 Å². The minimum absolute atomic E-state index is 0. The summed E-state index contributed by atoms with van der Waals surface area (Å²) in [5, 5.41) is 5.32. The average molecular weight is 252 g/mol. The van der Waals surface area contributed by atoms with Crippen LogP contribution < -0.4 is 5.32 Å². The number of ether oxygens (including phenoxy) is 1. The Morgan fingerprint density at radius 3 is 2.65 bits per heavy atom. The van der Waals surface area contributed by atoms with E-state index in [-0.39, 0.29) is 24.9 Å². The van der Waals surface area contributed by atoms with Gasteiger partial charge in [0.25, 0.3) is 0 Å². The van der Waals surface area contributed by atoms with Gasteiger partial charge in [-0.25, -0.2) is 0 Å². The summed E-state index contributed by atoms with van der Waals surface area (Å²) in [4.78, 5) is 11.0. The Bertz CT molecular complexity index is 508. The highest BCUT2D eigenvalue weighted by Crippen LogP contribution is 2.22. The van der Waals surface area contributed by atoms with Crippen molar-refractivity contribution in [3.63, 3.8) is 0 Å². The molecule has 0 spiro atoms. The fraction of sp³-hybridized carbons (Fsp3) is 0.154. The topological polar surface area (TPSA) is 38.3 Å². The van der Waals surface area contributed by atoms with Crippen LogP contribution in [0.3, 0.4) is 0 Å². The van der Waals surface area contributed by atoms with Gasteiger partial charge >= 0.3 is 5.97 Å². The number of anilines is 1. The second-order valence-electron chi connectivity index (χ2n) is 3.46. The van der Waals surface area contributed by atoms with Gasteiger partial charge in [0.2, 0.25) is 0 Å². The highest BCUT2D eigenvalue weighted by Gasteiger charge is 2.02. The Morgan fingerprint density at radius 1 is 1.18 bits per heavy atom. The Balaban J connectivity index is 0.00000144. The van der Waals surface area contributed by atoms with Crippen LogP contribution in [0.1, 0.15) is 0 Å². The van der Waals surface area contributed by atoms with E-state index in [2.05, 4.69) is 10.1 Å². The van der Waals surface area contributed by atoms with Crippen molar-refractivity contribution in [3.8, 4) is 0 Å². The van der Waals surface area contributed by atoms with E-state index in [0.29, 0.717) is 0 Å². The minimum atomic E-state index is -0.270. The molecule has 2 aromatic carbocycles. The number of nitrogens with one attached hydrogen (secondary N) is 1. The second kappa shape index (κ2) is 6.11. The van der Waals surface area contributed by atoms with Gasteiger partial charge in [-0.15, -0.1) is 12.4 Å². The first-order valence-corrected chi connectivity index (χ1v) is 5.09. The summed E-state index contributed by atoms with van der Waals surface area (Å²) in [5.74, 6) is -0.270. The summed E-state index contributed by atoms with van der Waals surface area (Å²) in [6.45, 7) is 0.185. The molecule has 1 N–H and O–H groups in total. The summed E-state index contributed by atoms with van der Waals surface area (Å²) >= 11 is 0. The van der Waals surface area contributed by atoms with Crippen molar-refractivity contribution in [1.82, 2.24) is 0 Å². The van der Waals surface area contributed by atoms with Crippen LogP contribution in [0.25, 0.3) is 10.8 Å². The van der Waals surface area contributed by atoms with Crippen molar-refractivity contribution < 1.29 is 9.53 Å². The number of fused-ring (bicyclic) bond motifs is 1. The average Bonchev–Trinajstić information content (AvgIpc) is 2.35. The monoisotopic (exact) mass is 251 g/mol. The van der Waals surface area contributed by atoms with Gasteiger partial charge in [0, 0.05) is 11.1 Å². The number of esters is 1. The van der Waals surface area contributed by atoms with Crippen LogP contribution in [0.4, 0.5) is 5.69 Å². The van der Waals surface area contributed by atoms with Crippen LogP contribution in [-0.4, -0.2) is 19.6 Å². The molecule has 3 nitrogen and oxygen atoms in total. The van der Waals surface area contributed by atoms with Gasteiger partial charge in [0.1, 0.15) is 6.54 Å². The maximum atomic E-state index is 11.0. The zero-order valence-corrected chi connectivity index (χ0v) is 10.3. The molecular formula is C13H14ClNO2. The van der Waals surface area contributed by atoms with Crippen molar-refractivity contribution in [2.75, 3.05) is 19.0 Å². The van der Waals surface area contributed by atoms with Crippen LogP contribution >= 0.6 is 12.4 Å². The number of carbonyl (C=O) groups excluding carboxylic acids is 1. The lowest BCUT2D eigenvalue weighted by molar-refractivity contribution is -0.138. The van der Waals surface area contributed by atoms with E-state index in [9.17, 15) is 4.79 Å². The molecule has 0 aliphatic heterocycles. The van der Waals surface area contributed by atoms with Crippen LogP contribution in [0.5, 0.6) is 0 Å². The fourth-order valence-electron chi connectivity index (χ4n) is 1.62. The predicted octanol–water partition coefficient (Wildman–Crippen LogP) is 2.85. The molecule has 0 aromatic heterocycles. The summed E-state index contributed by atoms with van der Waals surface area (Å²) < 4.78 is 4.58. The molecule has 2 rings (SSSR count). The molecule has 0 saturated carbocycles. The van der Waals surface area contributed by atoms with Crippen molar-refractivity contribution in [1.29, 1.82) is 0 Å². The molecule has 17 heavy (non-hydrogen) atoms. The maximum absolute atomic E-state index is 11.0. The van der Waals surface area contributed by atoms with E-state index < -0.39 is 0 Å². The summed E-state index contributed by atoms with van der Waals surface area (Å²) in [5.41, 5.74) is 0.948. The number of hydrogen-bond acceptors (Lipinski definition) is 3. The molecule has 0 bridgehead atoms. The van der Waals surface area contributed by atoms with E-state index in [1.165, 1.54) is 7.11 Å². The third kappa shape index (κ3) is 3.11. The highest BCUT2D eigenvalue weighted by atomic mass is 35.5. The fourth-order valence-corrected chi connectivity index (χ4v) is 1.62. The second-order valence-corrected chi connectivity index (χ2v) is 3.46. The Hall–Kier alpha value is -1.74. The smallest absolute Gasteiger partial charge is 0.325 e. The summed E-state index contributed by atoms with van der Waals surface area (Å²) in [6.07, 6.45) is 0. The number of carbonyl (C=O) groups is 1. The lowest BCUT2D eigenvalue weighted by Crippen LogP contribution is -2.14. The maximum Gasteiger partial charge on any atom is 0.325 e. The summed E-state index contributed by atoms with van der Waals surface area (Å²) in [7, 11) is 1.38. The lowest BCUT2D eigenvalue weighted by Gasteiger charge is -2.08. The molecular weight excluding hydrogens is 238 g/mol. The van der Waals surface area contributed by atoms with E-state index in [0.717, 1.165) is 16.5 Å². The largest absolute Gasteiger partial charge is 0.468 e. The number of rotatable bonds is 3. The minimum Gasteiger partial charge on any atom is -0.468 e. The molecule has 0 aliphatic rings. The van der Waals surface area contributed by atoms with Crippen molar-refractivity contribution in [2.24, 2.45) is 0 Å². The van der Waals surface area contributed by atoms with E-state index in [1.54, 1.807) is 0 Å². The van der Waals surface area contributed by atoms with Gasteiger partial charge in [0.05, 0.1) is 7.11 Å². The lowest BCUT2D eigenvalue weighted by atomic mass is 10.1. The number of halogens is 1. The Kier molecular flexibility index (Phi) is 4.79. The molecule has 4 heteroatoms. The van der Waals surface area contributed by atoms with Gasteiger partial charge in [0.15, 0.2) is 0 Å². The van der Waals surface area contributed by atoms with Crippen LogP contribution in [-0.2, 0) is 9.53 Å². The number of methoxy groups -OCH3 is 1. The third-order valence-electron chi connectivity index (χ3n) is 2.44. The quantitative estimate of drug-likeness (QED) is 0.853. The van der Waals surface area contributed by atoms with E-state index in [4.69, 9.17) is 0 Å². The Morgan fingerprint density at radius 2 is 1.88 bits per heavy atom. The van der Waals surface area contributed by atoms with Crippen molar-refractivity contribution >= 4 is 34.8 Å². The summed E-state index contributed by atoms with van der Waals surface area (Å²) in [6, 6.07) is 14.0. The molecule has 0 heterocycles. The van der Waals surface area contributed by atoms with Crippen LogP contribution in [0.15, 0.2) is 42.5 Å². The molecule has 0 fully saturated rings. The van der Waals surface area contributed by atoms with Crippen LogP contribution in [0.2, 0.25) is 0 Å². The molecule has 0 radical (unpaired) electrons. The van der Waals surface area contributed by atoms with Crippen LogP contribution in [0, 0.1) is 0 Å². The van der Waals surface area contributed by atoms with Gasteiger partial charge in [-0.1, -0.05) is 36.4 Å². The van der Waals surface area contributed by atoms with Crippen molar-refractivity contribution in [2.45, 2.75) is 0 Å². The molecule has 0 aliphatic carbocycles. The number of hydrogen-bond donors (Lipinski definition) is 1. The SMILES string of the molecule is COC(=O)CNc1cccc2ccccc12.Cl. The predicted molar refractivity (Wildman–Crippen MR) is 71.7 cm³/mol. The molecule has 0 amide bonds. The first-order valence-electron chi connectivity index (χ1n) is 5.09. The van der Waals surface area contributed by atoms with Gasteiger partial charge in [-0.05, 0) is 11.5 Å². The van der Waals surface area contributed by atoms with Gasteiger partial charge in [-0.3, -0.25) is 4.79 Å². The van der Waals surface area contributed by atoms with Gasteiger partial charge in [-0.2, -0.15) is 0 Å². The van der Waals surface area contributed by atoms with E-state index >= 15 is 0 Å². The zero-order valence-electron chi connectivity index (χ0n) is 9.47. The molecule has 0 unspecified atom stereocenters. The molecule has 90 valence electrons. The zero-order chi connectivity index (χ0) is 11.4. The standard InChI is InChI=1S/C13H13NO2.ClH/c1-16-13(15)9-14-12-8-4-6-10-5-2-3-7-11(10)12;/h2-8,14H,9H2,1H3;1H. The normalized spacial score (nSPS) is 9.47. The number of benzene rings is 2. The van der Waals surface area contributed by atoms with E-state index in [1.807, 2.05) is 42.5 Å². The first-order chi connectivity index (χ1) is 7.81. The third-order valence-corrected chi connectivity index (χ3v) is 2.44. The van der Waals surface area contributed by atoms with Crippen molar-refractivity contribution in [3.05, 3.63) is 42.5 Å². The highest BCUT2D eigenvalue weighted by molar-refractivity contribution is 5.94.